The van der Waals surface area contributed by atoms with E-state index in [4.69, 9.17) is 0 Å². The Balaban J connectivity index is 2.27. The molecular formula is C12H14N2O. The molecule has 0 radical (unpaired) electrons. The molecule has 2 heterocycles. The van der Waals surface area contributed by atoms with Crippen LogP contribution < -0.4 is 0 Å². The van der Waals surface area contributed by atoms with Gasteiger partial charge >= 0.3 is 0 Å². The minimum absolute atomic E-state index is 0.383. The number of aliphatic hydroxyl groups excluding tert-OH is 1. The highest BCUT2D eigenvalue weighted by atomic mass is 16.3. The number of hydrogen-bond acceptors (Lipinski definition) is 2. The molecule has 1 aromatic carbocycles. The van der Waals surface area contributed by atoms with Crippen LogP contribution >= 0.6 is 0 Å². The van der Waals surface area contributed by atoms with Crippen molar-refractivity contribution < 1.29 is 5.11 Å². The van der Waals surface area contributed by atoms with Crippen molar-refractivity contribution in [3.05, 3.63) is 35.5 Å². The first-order chi connectivity index (χ1) is 7.25. The highest BCUT2D eigenvalue weighted by molar-refractivity contribution is 5.84. The Morgan fingerprint density at radius 2 is 2.20 bits per heavy atom. The first-order valence-corrected chi connectivity index (χ1v) is 5.22. The number of nitrogens with one attached hydrogen (secondary N) is 1. The zero-order chi connectivity index (χ0) is 10.4. The van der Waals surface area contributed by atoms with E-state index in [-0.39, 0.29) is 6.10 Å². The summed E-state index contributed by atoms with van der Waals surface area (Å²) < 4.78 is 0. The Morgan fingerprint density at radius 1 is 1.40 bits per heavy atom. The van der Waals surface area contributed by atoms with Crippen LogP contribution in [0.5, 0.6) is 0 Å². The summed E-state index contributed by atoms with van der Waals surface area (Å²) >= 11 is 0. The number of β-amino-alcohol motifs (C(OH)–C–C–N with tert-alkyl or cyclic N) is 1. The highest BCUT2D eigenvalue weighted by Crippen LogP contribution is 2.31. The fourth-order valence-electron chi connectivity index (χ4n) is 2.40. The van der Waals surface area contributed by atoms with Crippen molar-refractivity contribution in [1.82, 2.24) is 9.88 Å². The second-order valence-corrected chi connectivity index (χ2v) is 4.28. The number of rotatable bonds is 0. The Hall–Kier alpha value is -1.32. The summed E-state index contributed by atoms with van der Waals surface area (Å²) in [7, 11) is 2.04. The molecule has 78 valence electrons. The van der Waals surface area contributed by atoms with Gasteiger partial charge in [0.2, 0.25) is 0 Å². The zero-order valence-corrected chi connectivity index (χ0v) is 8.70. The predicted molar refractivity (Wildman–Crippen MR) is 59.6 cm³/mol. The summed E-state index contributed by atoms with van der Waals surface area (Å²) in [5, 5.41) is 11.2. The number of H-pyrrole nitrogens is 1. The van der Waals surface area contributed by atoms with E-state index >= 15 is 0 Å². The standard InChI is InChI=1S/C12H14N2O/c1-14-6-9-8-4-2-3-5-10(8)13-12(9)11(15)7-14/h2-5,11,13,15H,6-7H2,1H3/t11-/m0/s1. The summed E-state index contributed by atoms with van der Waals surface area (Å²) in [4.78, 5) is 5.46. The fraction of sp³-hybridized carbons (Fsp3) is 0.333. The molecule has 0 unspecified atom stereocenters. The normalized spacial score (nSPS) is 21.9. The molecule has 1 aliphatic rings. The van der Waals surface area contributed by atoms with Crippen LogP contribution in [0.3, 0.4) is 0 Å². The minimum Gasteiger partial charge on any atom is -0.386 e. The highest BCUT2D eigenvalue weighted by Gasteiger charge is 2.24. The quantitative estimate of drug-likeness (QED) is 0.681. The van der Waals surface area contributed by atoms with Crippen LogP contribution in [0.15, 0.2) is 24.3 Å². The van der Waals surface area contributed by atoms with E-state index in [2.05, 4.69) is 22.0 Å². The molecule has 1 aliphatic heterocycles. The van der Waals surface area contributed by atoms with E-state index in [1.54, 1.807) is 0 Å². The van der Waals surface area contributed by atoms with Crippen LogP contribution in [0.4, 0.5) is 0 Å². The van der Waals surface area contributed by atoms with Crippen LogP contribution in [-0.4, -0.2) is 28.6 Å². The van der Waals surface area contributed by atoms with Crippen molar-refractivity contribution in [2.75, 3.05) is 13.6 Å². The molecule has 0 bridgehead atoms. The van der Waals surface area contributed by atoms with Crippen LogP contribution in [0, 0.1) is 0 Å². The lowest BCUT2D eigenvalue weighted by Crippen LogP contribution is -2.29. The second-order valence-electron chi connectivity index (χ2n) is 4.28. The van der Waals surface area contributed by atoms with E-state index in [1.165, 1.54) is 10.9 Å². The monoisotopic (exact) mass is 202 g/mol. The second kappa shape index (κ2) is 3.08. The molecule has 0 spiro atoms. The van der Waals surface area contributed by atoms with Crippen molar-refractivity contribution in [2.24, 2.45) is 0 Å². The van der Waals surface area contributed by atoms with Gasteiger partial charge in [-0.1, -0.05) is 18.2 Å². The Labute approximate surface area is 88.3 Å². The summed E-state index contributed by atoms with van der Waals surface area (Å²) in [6, 6.07) is 8.22. The van der Waals surface area contributed by atoms with E-state index < -0.39 is 0 Å². The van der Waals surface area contributed by atoms with E-state index in [0.717, 1.165) is 17.8 Å². The Bertz CT molecular complexity index is 503. The molecule has 2 N–H and O–H groups in total. The maximum absolute atomic E-state index is 9.96. The van der Waals surface area contributed by atoms with Crippen molar-refractivity contribution in [3.8, 4) is 0 Å². The van der Waals surface area contributed by atoms with Crippen molar-refractivity contribution >= 4 is 10.9 Å². The lowest BCUT2D eigenvalue weighted by molar-refractivity contribution is 0.105. The first kappa shape index (κ1) is 8.95. The summed E-state index contributed by atoms with van der Waals surface area (Å²) in [6.45, 7) is 1.62. The van der Waals surface area contributed by atoms with Crippen LogP contribution in [0.1, 0.15) is 17.4 Å². The average molecular weight is 202 g/mol. The maximum atomic E-state index is 9.96. The van der Waals surface area contributed by atoms with E-state index in [0.29, 0.717) is 6.54 Å². The van der Waals surface area contributed by atoms with E-state index in [1.807, 2.05) is 19.2 Å². The first-order valence-electron chi connectivity index (χ1n) is 5.22. The Morgan fingerprint density at radius 3 is 3.07 bits per heavy atom. The molecule has 0 fully saturated rings. The molecule has 3 rings (SSSR count). The van der Waals surface area contributed by atoms with Gasteiger partial charge in [-0.25, -0.2) is 0 Å². The third-order valence-electron chi connectivity index (χ3n) is 3.09. The van der Waals surface area contributed by atoms with Crippen molar-refractivity contribution in [3.63, 3.8) is 0 Å². The number of aliphatic hydroxyl groups is 1. The zero-order valence-electron chi connectivity index (χ0n) is 8.70. The molecule has 0 saturated heterocycles. The molecule has 15 heavy (non-hydrogen) atoms. The van der Waals surface area contributed by atoms with Gasteiger partial charge in [0.25, 0.3) is 0 Å². The third-order valence-corrected chi connectivity index (χ3v) is 3.09. The lowest BCUT2D eigenvalue weighted by atomic mass is 10.0. The summed E-state index contributed by atoms with van der Waals surface area (Å²) in [5.74, 6) is 0. The molecule has 0 aliphatic carbocycles. The molecule has 0 saturated carbocycles. The predicted octanol–water partition coefficient (Wildman–Crippen LogP) is 1.65. The number of benzene rings is 1. The van der Waals surface area contributed by atoms with Gasteiger partial charge in [-0.2, -0.15) is 0 Å². The lowest BCUT2D eigenvalue weighted by Gasteiger charge is -2.26. The number of aromatic nitrogens is 1. The smallest absolute Gasteiger partial charge is 0.107 e. The summed E-state index contributed by atoms with van der Waals surface area (Å²) in [5.41, 5.74) is 3.36. The average Bonchev–Trinajstić information content (AvgIpc) is 2.57. The van der Waals surface area contributed by atoms with Gasteiger partial charge in [0, 0.05) is 24.0 Å². The maximum Gasteiger partial charge on any atom is 0.107 e. The largest absolute Gasteiger partial charge is 0.386 e. The van der Waals surface area contributed by atoms with Crippen molar-refractivity contribution in [1.29, 1.82) is 0 Å². The third kappa shape index (κ3) is 1.28. The SMILES string of the molecule is CN1Cc2c([nH]c3ccccc23)[C@@H](O)C1. The van der Waals surface area contributed by atoms with Gasteiger partial charge in [0.05, 0.1) is 5.69 Å². The van der Waals surface area contributed by atoms with Gasteiger partial charge in [-0.05, 0) is 18.7 Å². The topological polar surface area (TPSA) is 39.3 Å². The van der Waals surface area contributed by atoms with E-state index in [9.17, 15) is 5.11 Å². The summed E-state index contributed by atoms with van der Waals surface area (Å²) in [6.07, 6.45) is -0.383. The number of para-hydroxylation sites is 1. The number of likely N-dealkylation sites (N-methyl/N-ethyl adjacent to an activating group) is 1. The number of aromatic amines is 1. The number of hydrogen-bond donors (Lipinski definition) is 2. The van der Waals surface area contributed by atoms with Crippen LogP contribution in [-0.2, 0) is 6.54 Å². The molecule has 2 aromatic rings. The molecule has 0 amide bonds. The van der Waals surface area contributed by atoms with Gasteiger partial charge in [0.1, 0.15) is 6.10 Å². The fourth-order valence-corrected chi connectivity index (χ4v) is 2.40. The molecule has 1 aromatic heterocycles. The Kier molecular flexibility index (Phi) is 1.84. The number of nitrogens with zero attached hydrogens (tertiary/aromatic N) is 1. The van der Waals surface area contributed by atoms with Crippen LogP contribution in [0.25, 0.3) is 10.9 Å². The molecule has 1 atom stereocenters. The van der Waals surface area contributed by atoms with Gasteiger partial charge in [-0.3, -0.25) is 4.90 Å². The number of fused-ring (bicyclic) bond motifs is 3. The minimum atomic E-state index is -0.383. The molecule has 3 nitrogen and oxygen atoms in total. The van der Waals surface area contributed by atoms with Gasteiger partial charge in [0.15, 0.2) is 0 Å². The van der Waals surface area contributed by atoms with Gasteiger partial charge < -0.3 is 10.1 Å². The molecular weight excluding hydrogens is 188 g/mol. The van der Waals surface area contributed by atoms with Gasteiger partial charge in [-0.15, -0.1) is 0 Å². The molecule has 3 heteroatoms. The van der Waals surface area contributed by atoms with Crippen LogP contribution in [0.2, 0.25) is 0 Å². The van der Waals surface area contributed by atoms with Crippen molar-refractivity contribution in [2.45, 2.75) is 12.6 Å².